The fourth-order valence-corrected chi connectivity index (χ4v) is 5.07. The van der Waals surface area contributed by atoms with Gasteiger partial charge in [-0.25, -0.2) is 0 Å². The quantitative estimate of drug-likeness (QED) is 0.256. The van der Waals surface area contributed by atoms with Crippen LogP contribution >= 0.6 is 12.2 Å². The van der Waals surface area contributed by atoms with Crippen molar-refractivity contribution in [3.63, 3.8) is 0 Å². The van der Waals surface area contributed by atoms with Crippen molar-refractivity contribution < 1.29 is 18.7 Å². The average molecular weight is 543 g/mol. The van der Waals surface area contributed by atoms with Crippen molar-refractivity contribution in [2.45, 2.75) is 25.9 Å². The third-order valence-corrected chi connectivity index (χ3v) is 6.82. The van der Waals surface area contributed by atoms with Crippen molar-refractivity contribution in [3.05, 3.63) is 96.0 Å². The zero-order valence-corrected chi connectivity index (χ0v) is 22.8. The smallest absolute Gasteiger partial charge is 0.250 e. The van der Waals surface area contributed by atoms with Crippen LogP contribution in [0.2, 0.25) is 0 Å². The molecule has 39 heavy (non-hydrogen) atoms. The maximum absolute atomic E-state index is 12.1. The summed E-state index contributed by atoms with van der Waals surface area (Å²) in [6.45, 7) is 4.51. The van der Waals surface area contributed by atoms with Crippen LogP contribution in [-0.4, -0.2) is 36.3 Å². The molecule has 2 aromatic heterocycles. The van der Waals surface area contributed by atoms with Gasteiger partial charge in [0.15, 0.2) is 5.11 Å². The summed E-state index contributed by atoms with van der Waals surface area (Å²) in [4.78, 5) is 18.7. The minimum absolute atomic E-state index is 0.00959. The molecule has 0 spiro atoms. The number of benzene rings is 2. The second kappa shape index (κ2) is 11.7. The number of anilines is 2. The van der Waals surface area contributed by atoms with E-state index in [2.05, 4.69) is 15.6 Å². The van der Waals surface area contributed by atoms with Crippen molar-refractivity contribution in [2.24, 2.45) is 0 Å². The number of rotatable bonds is 9. The number of ether oxygens (including phenoxy) is 2. The molecule has 5 rings (SSSR count). The van der Waals surface area contributed by atoms with Crippen LogP contribution in [0.5, 0.6) is 5.75 Å². The number of hydrogen-bond acceptors (Lipinski definition) is 6. The third-order valence-electron chi connectivity index (χ3n) is 6.50. The predicted octanol–water partition coefficient (Wildman–Crippen LogP) is 5.81. The summed E-state index contributed by atoms with van der Waals surface area (Å²) in [5, 5.41) is 6.90. The van der Waals surface area contributed by atoms with Gasteiger partial charge in [0.25, 0.3) is 0 Å². The molecule has 2 aromatic carbocycles. The van der Waals surface area contributed by atoms with Crippen LogP contribution in [0.3, 0.4) is 0 Å². The molecule has 2 N–H and O–H groups in total. The van der Waals surface area contributed by atoms with Crippen molar-refractivity contribution in [2.75, 3.05) is 30.5 Å². The van der Waals surface area contributed by atoms with Crippen LogP contribution in [0.1, 0.15) is 36.0 Å². The van der Waals surface area contributed by atoms with Gasteiger partial charge in [0.1, 0.15) is 29.9 Å². The Labute approximate surface area is 233 Å². The number of carbonyl (C=O) groups is 1. The van der Waals surface area contributed by atoms with Crippen LogP contribution < -0.4 is 20.3 Å². The number of furan rings is 1. The number of nitrogens with zero attached hydrogens (tertiary/aromatic N) is 2. The lowest BCUT2D eigenvalue weighted by Gasteiger charge is -2.26. The Bertz CT molecular complexity index is 1460. The molecule has 4 aromatic rings. The highest BCUT2D eigenvalue weighted by Crippen LogP contribution is 2.43. The molecule has 9 heteroatoms. The maximum Gasteiger partial charge on any atom is 0.250 e. The Balaban J connectivity index is 1.50. The van der Waals surface area contributed by atoms with E-state index in [1.165, 1.54) is 7.11 Å². The van der Waals surface area contributed by atoms with E-state index in [4.69, 9.17) is 26.1 Å². The molecular formula is C30H30N4O4S. The van der Waals surface area contributed by atoms with Gasteiger partial charge < -0.3 is 29.4 Å². The Kier molecular flexibility index (Phi) is 7.90. The van der Waals surface area contributed by atoms with E-state index in [0.29, 0.717) is 17.4 Å². The van der Waals surface area contributed by atoms with Gasteiger partial charge in [0.2, 0.25) is 5.91 Å². The van der Waals surface area contributed by atoms with Gasteiger partial charge in [-0.15, -0.1) is 0 Å². The topological polar surface area (TPSA) is 88.9 Å². The number of nitrogens with one attached hydrogen (secondary N) is 2. The van der Waals surface area contributed by atoms with Crippen molar-refractivity contribution in [1.29, 1.82) is 0 Å². The highest BCUT2D eigenvalue weighted by atomic mass is 32.1. The van der Waals surface area contributed by atoms with Gasteiger partial charge in [0, 0.05) is 30.2 Å². The highest BCUT2D eigenvalue weighted by molar-refractivity contribution is 7.80. The van der Waals surface area contributed by atoms with Crippen LogP contribution in [0.15, 0.2) is 83.4 Å². The molecule has 2 atom stereocenters. The molecule has 0 bridgehead atoms. The molecule has 0 aliphatic carbocycles. The van der Waals surface area contributed by atoms with E-state index in [1.54, 1.807) is 6.20 Å². The number of carbonyl (C=O) groups excluding carboxylic acids is 1. The summed E-state index contributed by atoms with van der Waals surface area (Å²) in [6.07, 6.45) is 1.77. The summed E-state index contributed by atoms with van der Waals surface area (Å²) in [5.74, 6) is 2.10. The number of aromatic nitrogens is 1. The fraction of sp³-hybridized carbons (Fsp3) is 0.233. The van der Waals surface area contributed by atoms with Crippen LogP contribution in [0.4, 0.5) is 11.4 Å². The molecule has 3 heterocycles. The van der Waals surface area contributed by atoms with E-state index >= 15 is 0 Å². The molecule has 0 radical (unpaired) electrons. The molecule has 0 unspecified atom stereocenters. The van der Waals surface area contributed by atoms with Gasteiger partial charge in [-0.2, -0.15) is 0 Å². The summed E-state index contributed by atoms with van der Waals surface area (Å²) in [6, 6.07) is 22.9. The Morgan fingerprint density at radius 2 is 1.95 bits per heavy atom. The minimum Gasteiger partial charge on any atom is -0.494 e. The van der Waals surface area contributed by atoms with Crippen LogP contribution in [-0.2, 0) is 9.53 Å². The summed E-state index contributed by atoms with van der Waals surface area (Å²) < 4.78 is 17.0. The number of aryl methyl sites for hydroxylation is 1. The first-order valence-corrected chi connectivity index (χ1v) is 13.1. The number of pyridine rings is 1. The maximum atomic E-state index is 12.1. The van der Waals surface area contributed by atoms with Gasteiger partial charge in [0.05, 0.1) is 18.3 Å². The van der Waals surface area contributed by atoms with E-state index in [-0.39, 0.29) is 24.6 Å². The van der Waals surface area contributed by atoms with E-state index < -0.39 is 0 Å². The predicted molar refractivity (Wildman–Crippen MR) is 155 cm³/mol. The van der Waals surface area contributed by atoms with E-state index in [9.17, 15) is 4.79 Å². The normalized spacial score (nSPS) is 16.7. The first kappa shape index (κ1) is 26.4. The Hall–Kier alpha value is -4.21. The monoisotopic (exact) mass is 542 g/mol. The van der Waals surface area contributed by atoms with E-state index in [0.717, 1.165) is 39.8 Å². The molecule has 1 amide bonds. The molecule has 1 saturated heterocycles. The van der Waals surface area contributed by atoms with Crippen molar-refractivity contribution in [3.8, 4) is 17.1 Å². The largest absolute Gasteiger partial charge is 0.494 e. The number of thiocarbonyl (C=S) groups is 1. The summed E-state index contributed by atoms with van der Waals surface area (Å²) >= 11 is 5.84. The zero-order valence-electron chi connectivity index (χ0n) is 22.0. The first-order valence-electron chi connectivity index (χ1n) is 12.7. The lowest BCUT2D eigenvalue weighted by molar-refractivity contribution is -0.119. The number of hydrogen-bond donors (Lipinski definition) is 2. The molecule has 1 aliphatic heterocycles. The van der Waals surface area contributed by atoms with Crippen LogP contribution in [0, 0.1) is 6.92 Å². The van der Waals surface area contributed by atoms with Gasteiger partial charge in [-0.05, 0) is 98.4 Å². The molecule has 1 aliphatic rings. The second-order valence-corrected chi connectivity index (χ2v) is 9.52. The van der Waals surface area contributed by atoms with Gasteiger partial charge >= 0.3 is 0 Å². The van der Waals surface area contributed by atoms with Crippen molar-refractivity contribution in [1.82, 2.24) is 10.3 Å². The number of methoxy groups -OCH3 is 1. The lowest BCUT2D eigenvalue weighted by Crippen LogP contribution is -2.29. The second-order valence-electron chi connectivity index (χ2n) is 9.14. The average Bonchev–Trinajstić information content (AvgIpc) is 3.56. The molecule has 8 nitrogen and oxygen atoms in total. The summed E-state index contributed by atoms with van der Waals surface area (Å²) in [5.41, 5.74) is 4.29. The zero-order chi connectivity index (χ0) is 27.4. The first-order chi connectivity index (χ1) is 19.0. The molecule has 1 fully saturated rings. The minimum atomic E-state index is -0.294. The fourth-order valence-electron chi connectivity index (χ4n) is 4.73. The van der Waals surface area contributed by atoms with Crippen molar-refractivity contribution >= 4 is 34.6 Å². The third kappa shape index (κ3) is 5.64. The number of amides is 1. The standard InChI is InChI=1S/C30H30N4O4S/c1-4-37-22-11-8-20(9-12-22)25-14-15-26(38-25)29-28(24-7-5-6-16-31-24)33-30(39)34(29)21-10-13-23(19(2)17-21)32-27(35)18-36-3/h5-17,28-29H,4,18H2,1-3H3,(H,32,35)(H,33,39)/t28-,29-/m1/s1. The lowest BCUT2D eigenvalue weighted by atomic mass is 10.0. The van der Waals surface area contributed by atoms with Gasteiger partial charge in [-0.1, -0.05) is 6.07 Å². The molecule has 0 saturated carbocycles. The Morgan fingerprint density at radius 3 is 2.64 bits per heavy atom. The molecule has 200 valence electrons. The summed E-state index contributed by atoms with van der Waals surface area (Å²) in [7, 11) is 1.49. The SMILES string of the molecule is CCOc1ccc(-c2ccc([C@@H]3[C@@H](c4ccccn4)NC(=S)N3c3ccc(NC(=O)COC)c(C)c3)o2)cc1. The van der Waals surface area contributed by atoms with E-state index in [1.807, 2.05) is 91.5 Å². The van der Waals surface area contributed by atoms with Crippen LogP contribution in [0.25, 0.3) is 11.3 Å². The van der Waals surface area contributed by atoms with Gasteiger partial charge in [-0.3, -0.25) is 9.78 Å². The Morgan fingerprint density at radius 1 is 1.13 bits per heavy atom. The molecular weight excluding hydrogens is 512 g/mol. The highest BCUT2D eigenvalue weighted by Gasteiger charge is 2.42.